The summed E-state index contributed by atoms with van der Waals surface area (Å²) in [6.45, 7) is 3.84. The Morgan fingerprint density at radius 2 is 1.96 bits per heavy atom. The Kier molecular flexibility index (Phi) is 3.45. The summed E-state index contributed by atoms with van der Waals surface area (Å²) in [6, 6.07) is 9.78. The van der Waals surface area contributed by atoms with Crippen LogP contribution in [0.2, 0.25) is 0 Å². The van der Waals surface area contributed by atoms with Gasteiger partial charge in [-0.05, 0) is 30.4 Å². The van der Waals surface area contributed by atoms with Gasteiger partial charge in [-0.15, -0.1) is 5.10 Å². The highest BCUT2D eigenvalue weighted by atomic mass is 19.4. The Morgan fingerprint density at radius 1 is 1.20 bits per heavy atom. The van der Waals surface area contributed by atoms with Crippen molar-refractivity contribution < 1.29 is 13.2 Å². The highest BCUT2D eigenvalue weighted by Crippen LogP contribution is 2.38. The molecule has 8 heteroatoms. The molecule has 2 unspecified atom stereocenters. The molecule has 1 aliphatic rings. The van der Waals surface area contributed by atoms with Crippen LogP contribution < -0.4 is 5.32 Å². The Balaban J connectivity index is 1.78. The first-order valence-corrected chi connectivity index (χ1v) is 7.99. The summed E-state index contributed by atoms with van der Waals surface area (Å²) >= 11 is 0. The minimum Gasteiger partial charge on any atom is -0.363 e. The lowest BCUT2D eigenvalue weighted by molar-refractivity contribution is -0.144. The minimum absolute atomic E-state index is 0.000244. The van der Waals surface area contributed by atoms with E-state index in [4.69, 9.17) is 0 Å². The van der Waals surface area contributed by atoms with Crippen LogP contribution in [0.25, 0.3) is 5.78 Å². The fourth-order valence-electron chi connectivity index (χ4n) is 3.38. The third kappa shape index (κ3) is 2.71. The normalized spacial score (nSPS) is 20.0. The van der Waals surface area contributed by atoms with E-state index in [2.05, 4.69) is 33.4 Å². The Hall–Kier alpha value is -2.64. The smallest absolute Gasteiger partial charge is 0.363 e. The van der Waals surface area contributed by atoms with Gasteiger partial charge in [0.25, 0.3) is 11.6 Å². The molecule has 0 bridgehead atoms. The van der Waals surface area contributed by atoms with Crippen LogP contribution in [0.1, 0.15) is 35.6 Å². The average Bonchev–Trinajstić information content (AvgIpc) is 3.09. The van der Waals surface area contributed by atoms with E-state index in [-0.39, 0.29) is 11.8 Å². The summed E-state index contributed by atoms with van der Waals surface area (Å²) in [6.07, 6.45) is -3.68. The van der Waals surface area contributed by atoms with E-state index in [1.807, 2.05) is 18.2 Å². The largest absolute Gasteiger partial charge is 0.453 e. The summed E-state index contributed by atoms with van der Waals surface area (Å²) in [5.41, 5.74) is 2.99. The number of hydrogen-bond donors (Lipinski definition) is 1. The first-order chi connectivity index (χ1) is 11.8. The molecule has 0 radical (unpaired) electrons. The minimum atomic E-state index is -4.61. The number of anilines is 1. The second-order valence-electron chi connectivity index (χ2n) is 6.43. The zero-order chi connectivity index (χ0) is 17.8. The number of benzene rings is 1. The first-order valence-electron chi connectivity index (χ1n) is 7.99. The third-order valence-corrected chi connectivity index (χ3v) is 4.50. The van der Waals surface area contributed by atoms with Gasteiger partial charge in [0.05, 0.1) is 6.04 Å². The topological polar surface area (TPSA) is 55.1 Å². The zero-order valence-corrected chi connectivity index (χ0v) is 13.7. The van der Waals surface area contributed by atoms with E-state index >= 15 is 0 Å². The lowest BCUT2D eigenvalue weighted by atomic mass is 10.0. The Morgan fingerprint density at radius 3 is 2.72 bits per heavy atom. The van der Waals surface area contributed by atoms with Crippen LogP contribution in [0.3, 0.4) is 0 Å². The number of halogens is 3. The molecule has 2 heterocycles. The number of aryl methyl sites for hydroxylation is 1. The van der Waals surface area contributed by atoms with Gasteiger partial charge in [-0.25, -0.2) is 4.98 Å². The number of fused-ring (bicyclic) bond motifs is 2. The zero-order valence-electron chi connectivity index (χ0n) is 13.7. The first kappa shape index (κ1) is 15.9. The van der Waals surface area contributed by atoms with Crippen molar-refractivity contribution in [2.24, 2.45) is 5.92 Å². The monoisotopic (exact) mass is 347 g/mol. The van der Waals surface area contributed by atoms with Crippen molar-refractivity contribution in [3.8, 4) is 0 Å². The van der Waals surface area contributed by atoms with E-state index in [0.717, 1.165) is 16.5 Å². The molecule has 0 spiro atoms. The van der Waals surface area contributed by atoms with Crippen LogP contribution in [0, 0.1) is 12.8 Å². The van der Waals surface area contributed by atoms with Crippen LogP contribution >= 0.6 is 0 Å². The number of alkyl halides is 3. The second-order valence-corrected chi connectivity index (χ2v) is 6.43. The maximum Gasteiger partial charge on any atom is 0.453 e. The van der Waals surface area contributed by atoms with E-state index < -0.39 is 12.0 Å². The van der Waals surface area contributed by atoms with Gasteiger partial charge in [-0.3, -0.25) is 0 Å². The fraction of sp³-hybridized carbons (Fsp3) is 0.353. The predicted molar refractivity (Wildman–Crippen MR) is 86.2 cm³/mol. The third-order valence-electron chi connectivity index (χ3n) is 4.50. The van der Waals surface area contributed by atoms with E-state index in [9.17, 15) is 13.2 Å². The predicted octanol–water partition coefficient (Wildman–Crippen LogP) is 3.80. The summed E-state index contributed by atoms with van der Waals surface area (Å²) in [4.78, 5) is 7.58. The average molecular weight is 347 g/mol. The van der Waals surface area contributed by atoms with Crippen LogP contribution in [-0.2, 0) is 12.6 Å². The quantitative estimate of drug-likeness (QED) is 0.766. The number of nitrogens with zero attached hydrogens (tertiary/aromatic N) is 4. The molecule has 0 amide bonds. The van der Waals surface area contributed by atoms with Crippen molar-refractivity contribution in [3.63, 3.8) is 0 Å². The molecule has 1 aromatic carbocycles. The van der Waals surface area contributed by atoms with Crippen molar-refractivity contribution in [3.05, 3.63) is 53.0 Å². The molecular formula is C17H16F3N5. The van der Waals surface area contributed by atoms with Crippen LogP contribution in [0.15, 0.2) is 30.3 Å². The second kappa shape index (κ2) is 5.44. The molecule has 5 nitrogen and oxygen atoms in total. The molecular weight excluding hydrogens is 331 g/mol. The Bertz CT molecular complexity index is 947. The van der Waals surface area contributed by atoms with Gasteiger partial charge < -0.3 is 5.32 Å². The molecule has 130 valence electrons. The molecule has 1 N–H and O–H groups in total. The number of nitrogens with one attached hydrogen (secondary N) is 1. The molecule has 2 atom stereocenters. The summed E-state index contributed by atoms with van der Waals surface area (Å²) in [5, 5.41) is 6.95. The number of hydrogen-bond acceptors (Lipinski definition) is 4. The van der Waals surface area contributed by atoms with E-state index in [1.165, 1.54) is 5.56 Å². The highest BCUT2D eigenvalue weighted by molar-refractivity contribution is 5.49. The molecule has 0 fully saturated rings. The van der Waals surface area contributed by atoms with Crippen LogP contribution in [0.4, 0.5) is 19.0 Å². The van der Waals surface area contributed by atoms with Crippen LogP contribution in [-0.4, -0.2) is 19.6 Å². The van der Waals surface area contributed by atoms with Gasteiger partial charge in [0.1, 0.15) is 5.82 Å². The van der Waals surface area contributed by atoms with Crippen molar-refractivity contribution in [2.75, 3.05) is 5.32 Å². The molecule has 2 aromatic heterocycles. The Labute approximate surface area is 141 Å². The maximum atomic E-state index is 12.9. The number of rotatable bonds is 2. The lowest BCUT2D eigenvalue weighted by Gasteiger charge is -2.20. The summed E-state index contributed by atoms with van der Waals surface area (Å²) in [5.74, 6) is -0.479. The SMILES string of the molecule is Cc1cc(NC2c3ccccc3CC2C)n2nc(C(F)(F)F)nc2n1. The molecule has 1 aliphatic carbocycles. The van der Waals surface area contributed by atoms with E-state index in [0.29, 0.717) is 17.4 Å². The lowest BCUT2D eigenvalue weighted by Crippen LogP contribution is -2.17. The van der Waals surface area contributed by atoms with Gasteiger partial charge in [0.15, 0.2) is 0 Å². The maximum absolute atomic E-state index is 12.9. The molecule has 25 heavy (non-hydrogen) atoms. The summed E-state index contributed by atoms with van der Waals surface area (Å²) < 4.78 is 39.9. The molecule has 3 aromatic rings. The van der Waals surface area contributed by atoms with Gasteiger partial charge in [0.2, 0.25) is 0 Å². The molecule has 0 aliphatic heterocycles. The van der Waals surface area contributed by atoms with Crippen molar-refractivity contribution in [1.29, 1.82) is 0 Å². The van der Waals surface area contributed by atoms with Gasteiger partial charge in [0, 0.05) is 11.8 Å². The van der Waals surface area contributed by atoms with Gasteiger partial charge in [-0.1, -0.05) is 31.2 Å². The van der Waals surface area contributed by atoms with Gasteiger partial charge >= 0.3 is 6.18 Å². The van der Waals surface area contributed by atoms with E-state index in [1.54, 1.807) is 13.0 Å². The molecule has 0 saturated heterocycles. The van der Waals surface area contributed by atoms with Crippen molar-refractivity contribution in [2.45, 2.75) is 32.5 Å². The van der Waals surface area contributed by atoms with Crippen molar-refractivity contribution >= 4 is 11.6 Å². The highest BCUT2D eigenvalue weighted by Gasteiger charge is 2.37. The molecule has 4 rings (SSSR count). The van der Waals surface area contributed by atoms with Gasteiger partial charge in [-0.2, -0.15) is 22.7 Å². The standard InChI is InChI=1S/C17H16F3N5/c1-9-7-11-5-3-4-6-12(11)14(9)22-13-8-10(2)21-16-23-15(17(18,19)20)24-25(13)16/h3-6,8-9,14,22H,7H2,1-2H3. The van der Waals surface area contributed by atoms with Crippen LogP contribution in [0.5, 0.6) is 0 Å². The number of aromatic nitrogens is 4. The summed E-state index contributed by atoms with van der Waals surface area (Å²) in [7, 11) is 0. The fourth-order valence-corrected chi connectivity index (χ4v) is 3.38. The van der Waals surface area contributed by atoms with Crippen molar-refractivity contribution in [1.82, 2.24) is 19.6 Å². The molecule has 0 saturated carbocycles.